The fraction of sp³-hybridized carbons (Fsp3) is 0.0769. The van der Waals surface area contributed by atoms with Crippen LogP contribution in [0.2, 0.25) is 0 Å². The van der Waals surface area contributed by atoms with Crippen LogP contribution in [0.15, 0.2) is 91.5 Å². The average Bonchev–Trinajstić information content (AvgIpc) is 3.05. The monoisotopic (exact) mass is 428 g/mol. The summed E-state index contributed by atoms with van der Waals surface area (Å²) in [5, 5.41) is 18.9. The van der Waals surface area contributed by atoms with Crippen LogP contribution in [0.3, 0.4) is 0 Å². The first-order chi connectivity index (χ1) is 15.4. The highest BCUT2D eigenvalue weighted by Gasteiger charge is 2.34. The minimum atomic E-state index is -0.281. The lowest BCUT2D eigenvalue weighted by atomic mass is 10.1. The van der Waals surface area contributed by atoms with E-state index in [4.69, 9.17) is 5.73 Å². The summed E-state index contributed by atoms with van der Waals surface area (Å²) in [5.74, 6) is -0.175. The lowest BCUT2D eigenvalue weighted by molar-refractivity contribution is 0.0672. The molecule has 3 aromatic carbocycles. The summed E-state index contributed by atoms with van der Waals surface area (Å²) >= 11 is 0. The maximum absolute atomic E-state index is 12.1. The fourth-order valence-electron chi connectivity index (χ4n) is 3.21. The van der Waals surface area contributed by atoms with Gasteiger partial charge in [0.15, 0.2) is 0 Å². The van der Waals surface area contributed by atoms with Gasteiger partial charge in [-0.1, -0.05) is 66.8 Å². The van der Waals surface area contributed by atoms with E-state index in [-0.39, 0.29) is 35.9 Å². The van der Waals surface area contributed by atoms with Crippen LogP contribution in [0.5, 0.6) is 11.5 Å². The molecular weight excluding hydrogens is 404 g/mol. The Morgan fingerprint density at radius 2 is 1.38 bits per heavy atom. The van der Waals surface area contributed by atoms with Gasteiger partial charge in [0.2, 0.25) is 0 Å². The fourth-order valence-corrected chi connectivity index (χ4v) is 3.21. The van der Waals surface area contributed by atoms with Crippen molar-refractivity contribution >= 4 is 17.9 Å². The molecule has 3 aromatic rings. The van der Waals surface area contributed by atoms with Crippen LogP contribution in [-0.2, 0) is 0 Å². The molecule has 1 unspecified atom stereocenters. The van der Waals surface area contributed by atoms with Crippen LogP contribution in [0.25, 0.3) is 6.08 Å². The first kappa shape index (κ1) is 22.5. The van der Waals surface area contributed by atoms with Gasteiger partial charge >= 0.3 is 0 Å². The Labute approximate surface area is 186 Å². The van der Waals surface area contributed by atoms with Gasteiger partial charge in [-0.05, 0) is 24.3 Å². The molecule has 0 radical (unpaired) electrons. The molecule has 1 atom stereocenters. The number of hydrogen-bond acceptors (Lipinski definition) is 5. The summed E-state index contributed by atoms with van der Waals surface area (Å²) in [6, 6.07) is 20.4. The summed E-state index contributed by atoms with van der Waals surface area (Å²) in [4.78, 5) is 25.5. The second kappa shape index (κ2) is 10.2. The van der Waals surface area contributed by atoms with E-state index in [0.717, 1.165) is 0 Å². The van der Waals surface area contributed by atoms with Crippen molar-refractivity contribution in [1.29, 1.82) is 0 Å². The average molecular weight is 428 g/mol. The number of rotatable bonds is 5. The van der Waals surface area contributed by atoms with Gasteiger partial charge in [-0.2, -0.15) is 0 Å². The largest absolute Gasteiger partial charge is 0.508 e. The second-order valence-electron chi connectivity index (χ2n) is 7.05. The molecule has 1 aliphatic rings. The van der Waals surface area contributed by atoms with Gasteiger partial charge in [0.25, 0.3) is 11.8 Å². The smallest absolute Gasteiger partial charge is 0.261 e. The number of carbonyl (C=O) groups is 2. The maximum Gasteiger partial charge on any atom is 0.261 e. The Morgan fingerprint density at radius 3 is 1.94 bits per heavy atom. The first-order valence-electron chi connectivity index (χ1n) is 9.99. The Kier molecular flexibility index (Phi) is 7.21. The van der Waals surface area contributed by atoms with Crippen molar-refractivity contribution in [3.63, 3.8) is 0 Å². The second-order valence-corrected chi connectivity index (χ2v) is 7.05. The number of para-hydroxylation sites is 2. The molecule has 6 nitrogen and oxygen atoms in total. The number of imide groups is 1. The van der Waals surface area contributed by atoms with E-state index in [1.165, 1.54) is 4.90 Å². The number of aromatic hydroxyl groups is 2. The number of nitrogens with two attached hydrogens (primary N) is 1. The summed E-state index contributed by atoms with van der Waals surface area (Å²) in [7, 11) is 0. The highest BCUT2D eigenvalue weighted by atomic mass is 16.3. The molecule has 0 saturated heterocycles. The Bertz CT molecular complexity index is 1130. The molecule has 6 heteroatoms. The zero-order valence-electron chi connectivity index (χ0n) is 17.4. The molecule has 32 heavy (non-hydrogen) atoms. The zero-order valence-corrected chi connectivity index (χ0v) is 17.4. The molecule has 162 valence electrons. The topological polar surface area (TPSA) is 104 Å². The molecule has 0 bridgehead atoms. The standard InChI is InChI=1S/C17H13NO3.C9H11NO/c19-15-10-4-1-6-12(15)7-5-11-18-16(20)13-8-2-3-9-14(13)17(18)21;1-2-8(10)7-5-3-4-6-9(7)11/h1-10,19H,11H2;2-6,8,11H,1,10H2. The number of fused-ring (bicyclic) bond motifs is 1. The molecule has 1 aliphatic heterocycles. The molecule has 0 aromatic heterocycles. The predicted octanol–water partition coefficient (Wildman–Crippen LogP) is 4.28. The molecular formula is C26H24N2O4. The maximum atomic E-state index is 12.1. The van der Waals surface area contributed by atoms with Crippen LogP contribution in [-0.4, -0.2) is 33.5 Å². The summed E-state index contributed by atoms with van der Waals surface area (Å²) < 4.78 is 0. The number of phenolic OH excluding ortho intramolecular Hbond substituents is 2. The zero-order chi connectivity index (χ0) is 23.1. The SMILES string of the molecule is C=CC(N)c1ccccc1O.O=C1c2ccccc2C(=O)N1CC=Cc1ccccc1O. The van der Waals surface area contributed by atoms with Crippen molar-refractivity contribution in [2.45, 2.75) is 6.04 Å². The molecule has 4 N–H and O–H groups in total. The highest BCUT2D eigenvalue weighted by Crippen LogP contribution is 2.23. The molecule has 0 fully saturated rings. The van der Waals surface area contributed by atoms with E-state index in [1.54, 1.807) is 85.0 Å². The number of carbonyl (C=O) groups excluding carboxylic acids is 2. The molecule has 1 heterocycles. The van der Waals surface area contributed by atoms with Crippen LogP contribution in [0.4, 0.5) is 0 Å². The van der Waals surface area contributed by atoms with Gasteiger partial charge in [-0.3, -0.25) is 14.5 Å². The third kappa shape index (κ3) is 4.94. The number of nitrogens with zero attached hydrogens (tertiary/aromatic N) is 1. The van der Waals surface area contributed by atoms with Gasteiger partial charge in [0.1, 0.15) is 11.5 Å². The van der Waals surface area contributed by atoms with Gasteiger partial charge in [0, 0.05) is 17.7 Å². The summed E-state index contributed by atoms with van der Waals surface area (Å²) in [6.07, 6.45) is 4.98. The van der Waals surface area contributed by atoms with E-state index < -0.39 is 0 Å². The van der Waals surface area contributed by atoms with E-state index in [0.29, 0.717) is 22.3 Å². The normalized spacial score (nSPS) is 13.5. The third-order valence-corrected chi connectivity index (χ3v) is 4.95. The number of amides is 2. The van der Waals surface area contributed by atoms with E-state index >= 15 is 0 Å². The Hall–Kier alpha value is -4.16. The number of hydrogen-bond donors (Lipinski definition) is 3. The van der Waals surface area contributed by atoms with E-state index in [1.807, 2.05) is 6.07 Å². The quantitative estimate of drug-likeness (QED) is 0.416. The lowest BCUT2D eigenvalue weighted by Gasteiger charge is -2.10. The minimum absolute atomic E-state index is 0.163. The van der Waals surface area contributed by atoms with Crippen molar-refractivity contribution in [2.75, 3.05) is 6.54 Å². The van der Waals surface area contributed by atoms with Gasteiger partial charge in [-0.15, -0.1) is 6.58 Å². The van der Waals surface area contributed by atoms with Gasteiger partial charge in [-0.25, -0.2) is 0 Å². The number of benzene rings is 3. The van der Waals surface area contributed by atoms with E-state index in [2.05, 4.69) is 6.58 Å². The first-order valence-corrected chi connectivity index (χ1v) is 9.99. The summed E-state index contributed by atoms with van der Waals surface area (Å²) in [6.45, 7) is 3.72. The Balaban J connectivity index is 0.000000222. The highest BCUT2D eigenvalue weighted by molar-refractivity contribution is 6.21. The van der Waals surface area contributed by atoms with Crippen LogP contribution < -0.4 is 5.73 Å². The third-order valence-electron chi connectivity index (χ3n) is 4.95. The summed E-state index contributed by atoms with van der Waals surface area (Å²) in [5.41, 5.74) is 7.86. The van der Waals surface area contributed by atoms with Crippen LogP contribution in [0.1, 0.15) is 37.9 Å². The van der Waals surface area contributed by atoms with Crippen LogP contribution >= 0.6 is 0 Å². The van der Waals surface area contributed by atoms with Crippen molar-refractivity contribution in [3.05, 3.63) is 114 Å². The Morgan fingerprint density at radius 1 is 0.844 bits per heavy atom. The molecule has 0 aliphatic carbocycles. The van der Waals surface area contributed by atoms with Gasteiger partial charge in [0.05, 0.1) is 17.2 Å². The van der Waals surface area contributed by atoms with Crippen molar-refractivity contribution < 1.29 is 19.8 Å². The predicted molar refractivity (Wildman–Crippen MR) is 124 cm³/mol. The van der Waals surface area contributed by atoms with Crippen molar-refractivity contribution in [1.82, 2.24) is 4.90 Å². The van der Waals surface area contributed by atoms with Crippen molar-refractivity contribution in [2.24, 2.45) is 5.73 Å². The van der Waals surface area contributed by atoms with Crippen molar-refractivity contribution in [3.8, 4) is 11.5 Å². The molecule has 0 saturated carbocycles. The molecule has 0 spiro atoms. The molecule has 4 rings (SSSR count). The lowest BCUT2D eigenvalue weighted by Crippen LogP contribution is -2.29. The van der Waals surface area contributed by atoms with Crippen LogP contribution in [0, 0.1) is 0 Å². The number of phenols is 2. The van der Waals surface area contributed by atoms with E-state index in [9.17, 15) is 19.8 Å². The molecule has 2 amide bonds. The minimum Gasteiger partial charge on any atom is -0.508 e. The van der Waals surface area contributed by atoms with Gasteiger partial charge < -0.3 is 15.9 Å².